The van der Waals surface area contributed by atoms with Gasteiger partial charge in [0.2, 0.25) is 5.91 Å². The van der Waals surface area contributed by atoms with E-state index in [1.54, 1.807) is 13.0 Å². The molecule has 0 aliphatic heterocycles. The number of carbonyl (C=O) groups is 2. The molecule has 4 rings (SSSR count). The second-order valence-corrected chi connectivity index (χ2v) is 9.95. The number of benzene rings is 2. The Morgan fingerprint density at radius 2 is 1.56 bits per heavy atom. The summed E-state index contributed by atoms with van der Waals surface area (Å²) in [4.78, 5) is 24.2. The first-order chi connectivity index (χ1) is 16.3. The van der Waals surface area contributed by atoms with Crippen LogP contribution in [0.5, 0.6) is 0 Å². The number of halogens is 1. The third-order valence-electron chi connectivity index (χ3n) is 7.46. The first-order valence-electron chi connectivity index (χ1n) is 12.8. The molecule has 5 heteroatoms. The molecule has 0 spiro atoms. The van der Waals surface area contributed by atoms with Gasteiger partial charge < -0.3 is 10.6 Å². The number of primary amides is 1. The molecule has 0 radical (unpaired) electrons. The fourth-order valence-electron chi connectivity index (χ4n) is 5.07. The van der Waals surface area contributed by atoms with Crippen LogP contribution in [0.1, 0.15) is 93.5 Å². The Kier molecular flexibility index (Phi) is 9.26. The number of nitrogens with zero attached hydrogens (tertiary/aromatic N) is 1. The Balaban J connectivity index is 0.000000588. The van der Waals surface area contributed by atoms with E-state index in [0.717, 1.165) is 42.7 Å². The molecule has 0 atom stereocenters. The van der Waals surface area contributed by atoms with E-state index >= 15 is 0 Å². The van der Waals surface area contributed by atoms with Gasteiger partial charge in [0.05, 0.1) is 0 Å². The van der Waals surface area contributed by atoms with Crippen molar-refractivity contribution < 1.29 is 14.0 Å². The van der Waals surface area contributed by atoms with Gasteiger partial charge in [-0.25, -0.2) is 4.39 Å². The molecule has 0 unspecified atom stereocenters. The molecule has 2 fully saturated rings. The second kappa shape index (κ2) is 12.1. The van der Waals surface area contributed by atoms with E-state index < -0.39 is 0 Å². The zero-order valence-corrected chi connectivity index (χ0v) is 20.9. The zero-order valence-electron chi connectivity index (χ0n) is 20.9. The van der Waals surface area contributed by atoms with Crippen molar-refractivity contribution in [2.75, 3.05) is 7.05 Å². The van der Waals surface area contributed by atoms with E-state index in [1.807, 2.05) is 42.3 Å². The van der Waals surface area contributed by atoms with Gasteiger partial charge >= 0.3 is 0 Å². The lowest BCUT2D eigenvalue weighted by Crippen LogP contribution is -2.35. The molecule has 2 aromatic rings. The molecular weight excluding hydrogens is 427 g/mol. The summed E-state index contributed by atoms with van der Waals surface area (Å²) in [7, 11) is 1.90. The van der Waals surface area contributed by atoms with Crippen molar-refractivity contribution >= 4 is 11.8 Å². The van der Waals surface area contributed by atoms with Gasteiger partial charge in [-0.1, -0.05) is 63.8 Å². The van der Waals surface area contributed by atoms with Crippen molar-refractivity contribution in [2.45, 2.75) is 83.6 Å². The molecule has 184 valence electrons. The minimum atomic E-state index is -0.245. The molecule has 34 heavy (non-hydrogen) atoms. The molecular formula is C29H39FN2O2. The minimum absolute atomic E-state index is 0.0609. The van der Waals surface area contributed by atoms with Crippen molar-refractivity contribution in [3.63, 3.8) is 0 Å². The van der Waals surface area contributed by atoms with Crippen LogP contribution in [0, 0.1) is 11.7 Å². The summed E-state index contributed by atoms with van der Waals surface area (Å²) in [6.45, 7) is 4.03. The van der Waals surface area contributed by atoms with E-state index in [-0.39, 0.29) is 17.6 Å². The molecule has 2 aromatic carbocycles. The first kappa shape index (κ1) is 25.9. The Morgan fingerprint density at radius 3 is 2.09 bits per heavy atom. The van der Waals surface area contributed by atoms with Gasteiger partial charge in [-0.2, -0.15) is 0 Å². The van der Waals surface area contributed by atoms with Gasteiger partial charge in [0.15, 0.2) is 0 Å². The number of amides is 2. The third-order valence-corrected chi connectivity index (χ3v) is 7.46. The van der Waals surface area contributed by atoms with E-state index in [0.29, 0.717) is 29.5 Å². The summed E-state index contributed by atoms with van der Waals surface area (Å²) in [5, 5.41) is 0. The maximum atomic E-state index is 14.9. The maximum absolute atomic E-state index is 14.9. The summed E-state index contributed by atoms with van der Waals surface area (Å²) in [6, 6.07) is 13.5. The fraction of sp³-hybridized carbons (Fsp3) is 0.517. The van der Waals surface area contributed by atoms with E-state index in [4.69, 9.17) is 0 Å². The molecule has 2 aliphatic rings. The first-order valence-corrected chi connectivity index (χ1v) is 12.8. The Hall–Kier alpha value is -2.69. The molecule has 2 N–H and O–H groups in total. The monoisotopic (exact) mass is 466 g/mol. The van der Waals surface area contributed by atoms with Gasteiger partial charge in [0.25, 0.3) is 5.91 Å². The van der Waals surface area contributed by atoms with E-state index in [2.05, 4.69) is 18.7 Å². The highest BCUT2D eigenvalue weighted by Gasteiger charge is 2.24. The summed E-state index contributed by atoms with van der Waals surface area (Å²) >= 11 is 0. The highest BCUT2D eigenvalue weighted by atomic mass is 19.1. The van der Waals surface area contributed by atoms with E-state index in [9.17, 15) is 14.0 Å². The summed E-state index contributed by atoms with van der Waals surface area (Å²) < 4.78 is 14.9. The molecule has 2 aliphatic carbocycles. The highest BCUT2D eigenvalue weighted by molar-refractivity contribution is 5.94. The number of carbonyl (C=O) groups excluding carboxylic acids is 2. The van der Waals surface area contributed by atoms with Crippen molar-refractivity contribution in [2.24, 2.45) is 11.7 Å². The van der Waals surface area contributed by atoms with Crippen molar-refractivity contribution in [3.05, 3.63) is 59.4 Å². The highest BCUT2D eigenvalue weighted by Crippen LogP contribution is 2.37. The Labute approximate surface area is 203 Å². The summed E-state index contributed by atoms with van der Waals surface area (Å²) in [5.41, 5.74) is 7.90. The van der Waals surface area contributed by atoms with Crippen molar-refractivity contribution in [1.82, 2.24) is 4.90 Å². The van der Waals surface area contributed by atoms with Crippen LogP contribution in [-0.4, -0.2) is 29.8 Å². The molecule has 2 amide bonds. The SMILES string of the molecule is CC1CCC(c2ccc(-c3ccc(C(=O)N(C)C4CCCC4)cc3)c(F)c2)CC1.CCC(N)=O. The summed E-state index contributed by atoms with van der Waals surface area (Å²) in [6.07, 6.45) is 9.83. The van der Waals surface area contributed by atoms with Crippen LogP contribution >= 0.6 is 0 Å². The van der Waals surface area contributed by atoms with Crippen LogP contribution in [0.25, 0.3) is 11.1 Å². The quantitative estimate of drug-likeness (QED) is 0.534. The van der Waals surface area contributed by atoms with Crippen LogP contribution in [0.3, 0.4) is 0 Å². The van der Waals surface area contributed by atoms with E-state index in [1.165, 1.54) is 25.7 Å². The lowest BCUT2D eigenvalue weighted by atomic mass is 9.79. The normalized spacial score (nSPS) is 20.4. The van der Waals surface area contributed by atoms with Crippen LogP contribution in [-0.2, 0) is 4.79 Å². The number of hydrogen-bond acceptors (Lipinski definition) is 2. The maximum Gasteiger partial charge on any atom is 0.253 e. The van der Waals surface area contributed by atoms with Gasteiger partial charge in [0, 0.05) is 30.6 Å². The van der Waals surface area contributed by atoms with Gasteiger partial charge in [-0.3, -0.25) is 9.59 Å². The molecule has 4 nitrogen and oxygen atoms in total. The average molecular weight is 467 g/mol. The lowest BCUT2D eigenvalue weighted by Gasteiger charge is -2.26. The average Bonchev–Trinajstić information content (AvgIpc) is 3.39. The lowest BCUT2D eigenvalue weighted by molar-refractivity contribution is -0.117. The van der Waals surface area contributed by atoms with Crippen LogP contribution in [0.2, 0.25) is 0 Å². The fourth-order valence-corrected chi connectivity index (χ4v) is 5.07. The zero-order chi connectivity index (χ0) is 24.7. The minimum Gasteiger partial charge on any atom is -0.370 e. The Bertz CT molecular complexity index is 959. The molecule has 2 saturated carbocycles. The molecule has 0 aromatic heterocycles. The smallest absolute Gasteiger partial charge is 0.253 e. The molecule has 0 bridgehead atoms. The van der Waals surface area contributed by atoms with Crippen LogP contribution in [0.15, 0.2) is 42.5 Å². The van der Waals surface area contributed by atoms with Crippen molar-refractivity contribution in [1.29, 1.82) is 0 Å². The topological polar surface area (TPSA) is 63.4 Å². The summed E-state index contributed by atoms with van der Waals surface area (Å²) in [5.74, 6) is 0.934. The van der Waals surface area contributed by atoms with Gasteiger partial charge in [0.1, 0.15) is 5.82 Å². The van der Waals surface area contributed by atoms with Crippen molar-refractivity contribution in [3.8, 4) is 11.1 Å². The molecule has 0 saturated heterocycles. The Morgan fingerprint density at radius 1 is 0.971 bits per heavy atom. The number of rotatable bonds is 5. The predicted molar refractivity (Wildman–Crippen MR) is 136 cm³/mol. The van der Waals surface area contributed by atoms with Crippen LogP contribution < -0.4 is 5.73 Å². The van der Waals surface area contributed by atoms with Gasteiger partial charge in [-0.15, -0.1) is 0 Å². The molecule has 0 heterocycles. The second-order valence-electron chi connectivity index (χ2n) is 9.95. The number of hydrogen-bond donors (Lipinski definition) is 1. The third kappa shape index (κ3) is 6.68. The number of nitrogens with two attached hydrogens (primary N) is 1. The van der Waals surface area contributed by atoms with Crippen LogP contribution in [0.4, 0.5) is 4.39 Å². The standard InChI is InChI=1S/C26H32FNO.C3H7NO/c1-18-7-9-19(10-8-18)22-15-16-24(25(27)17-22)20-11-13-21(14-12-20)26(29)28(2)23-5-3-4-6-23;1-2-3(4)5/h11-19,23H,3-10H2,1-2H3;2H2,1H3,(H2,4,5). The largest absolute Gasteiger partial charge is 0.370 e. The predicted octanol–water partition coefficient (Wildman–Crippen LogP) is 6.68. The van der Waals surface area contributed by atoms with Gasteiger partial charge in [-0.05, 0) is 66.8 Å².